The molecule has 0 spiro atoms. The van der Waals surface area contributed by atoms with E-state index in [0.29, 0.717) is 6.04 Å². The van der Waals surface area contributed by atoms with Crippen molar-refractivity contribution in [3.63, 3.8) is 0 Å². The summed E-state index contributed by atoms with van der Waals surface area (Å²) in [5.41, 5.74) is 2.81. The Morgan fingerprint density at radius 1 is 1.16 bits per heavy atom. The maximum Gasteiger partial charge on any atom is 0.0374 e. The number of nitrogens with one attached hydrogen (secondary N) is 2. The fourth-order valence-corrected chi connectivity index (χ4v) is 3.90. The Balaban J connectivity index is 1.70. The number of hydrogen-bond donors (Lipinski definition) is 2. The van der Waals surface area contributed by atoms with Gasteiger partial charge in [-0.3, -0.25) is 0 Å². The molecule has 1 saturated heterocycles. The van der Waals surface area contributed by atoms with Crippen molar-refractivity contribution >= 4 is 5.69 Å². The summed E-state index contributed by atoms with van der Waals surface area (Å²) in [7, 11) is 0. The Morgan fingerprint density at radius 3 is 2.84 bits per heavy atom. The van der Waals surface area contributed by atoms with Gasteiger partial charge >= 0.3 is 0 Å². The van der Waals surface area contributed by atoms with Crippen LogP contribution in [0.1, 0.15) is 44.6 Å². The summed E-state index contributed by atoms with van der Waals surface area (Å²) in [5, 5.41) is 7.55. The fourth-order valence-electron chi connectivity index (χ4n) is 3.90. The van der Waals surface area contributed by atoms with E-state index < -0.39 is 0 Å². The first-order chi connectivity index (χ1) is 9.38. The number of rotatable bonds is 4. The van der Waals surface area contributed by atoms with Crippen molar-refractivity contribution in [3.05, 3.63) is 29.8 Å². The molecule has 1 aliphatic heterocycles. The molecule has 1 aromatic rings. The third-order valence-corrected chi connectivity index (χ3v) is 4.92. The van der Waals surface area contributed by atoms with Gasteiger partial charge in [-0.05, 0) is 56.2 Å². The number of benzene rings is 1. The highest BCUT2D eigenvalue weighted by atomic mass is 15.0. The lowest BCUT2D eigenvalue weighted by molar-refractivity contribution is 0.376. The standard InChI is InChI=1S/C17H26N2/c1-2-13-7-3-4-9-15(13)19-17-10-5-8-14(17)16-11-6-12-18-16/h3-4,7,9,14,16-19H,2,5-6,8,10-12H2,1H3. The van der Waals surface area contributed by atoms with Gasteiger partial charge in [0.05, 0.1) is 0 Å². The van der Waals surface area contributed by atoms with Crippen LogP contribution in [0.5, 0.6) is 0 Å². The van der Waals surface area contributed by atoms with Gasteiger partial charge in [0.1, 0.15) is 0 Å². The molecular formula is C17H26N2. The van der Waals surface area contributed by atoms with Gasteiger partial charge in [0.2, 0.25) is 0 Å². The van der Waals surface area contributed by atoms with Crippen LogP contribution in [0.2, 0.25) is 0 Å². The first-order valence-corrected chi connectivity index (χ1v) is 7.96. The molecular weight excluding hydrogens is 232 g/mol. The van der Waals surface area contributed by atoms with Crippen molar-refractivity contribution in [1.82, 2.24) is 5.32 Å². The predicted molar refractivity (Wildman–Crippen MR) is 81.6 cm³/mol. The van der Waals surface area contributed by atoms with Crippen LogP contribution in [0.25, 0.3) is 0 Å². The third-order valence-electron chi connectivity index (χ3n) is 4.92. The molecule has 2 nitrogen and oxygen atoms in total. The van der Waals surface area contributed by atoms with Crippen LogP contribution < -0.4 is 10.6 Å². The molecule has 3 atom stereocenters. The van der Waals surface area contributed by atoms with Crippen LogP contribution in [0.4, 0.5) is 5.69 Å². The Hall–Kier alpha value is -1.02. The molecule has 3 rings (SSSR count). The highest BCUT2D eigenvalue weighted by Gasteiger charge is 2.34. The minimum atomic E-state index is 0.670. The molecule has 104 valence electrons. The van der Waals surface area contributed by atoms with Gasteiger partial charge in [0.25, 0.3) is 0 Å². The van der Waals surface area contributed by atoms with E-state index in [1.54, 1.807) is 0 Å². The molecule has 0 amide bonds. The normalized spacial score (nSPS) is 30.7. The average molecular weight is 258 g/mol. The topological polar surface area (TPSA) is 24.1 Å². The molecule has 2 aliphatic rings. The lowest BCUT2D eigenvalue weighted by Crippen LogP contribution is -2.38. The summed E-state index contributed by atoms with van der Waals surface area (Å²) in [5.74, 6) is 0.826. The van der Waals surface area contributed by atoms with Crippen molar-refractivity contribution in [2.24, 2.45) is 5.92 Å². The first kappa shape index (κ1) is 13.0. The zero-order chi connectivity index (χ0) is 13.1. The minimum Gasteiger partial charge on any atom is -0.382 e. The van der Waals surface area contributed by atoms with Crippen LogP contribution in [0, 0.1) is 5.92 Å². The Labute approximate surface area is 117 Å². The lowest BCUT2D eigenvalue weighted by Gasteiger charge is -2.28. The monoisotopic (exact) mass is 258 g/mol. The summed E-state index contributed by atoms with van der Waals surface area (Å²) < 4.78 is 0. The zero-order valence-electron chi connectivity index (χ0n) is 12.0. The Kier molecular flexibility index (Phi) is 4.07. The third kappa shape index (κ3) is 2.79. The fraction of sp³-hybridized carbons (Fsp3) is 0.647. The molecule has 2 heteroatoms. The quantitative estimate of drug-likeness (QED) is 0.862. The predicted octanol–water partition coefficient (Wildman–Crippen LogP) is 3.58. The molecule has 1 saturated carbocycles. The van der Waals surface area contributed by atoms with E-state index in [4.69, 9.17) is 0 Å². The second kappa shape index (κ2) is 5.96. The van der Waals surface area contributed by atoms with Crippen molar-refractivity contribution < 1.29 is 0 Å². The van der Waals surface area contributed by atoms with E-state index in [2.05, 4.69) is 41.8 Å². The van der Waals surface area contributed by atoms with Crippen molar-refractivity contribution in [2.45, 2.75) is 57.5 Å². The summed E-state index contributed by atoms with van der Waals surface area (Å²) >= 11 is 0. The average Bonchev–Trinajstić information content (AvgIpc) is 3.09. The van der Waals surface area contributed by atoms with E-state index in [1.165, 1.54) is 49.9 Å². The van der Waals surface area contributed by atoms with Crippen molar-refractivity contribution in [3.8, 4) is 0 Å². The molecule has 3 unspecified atom stereocenters. The largest absolute Gasteiger partial charge is 0.382 e. The Morgan fingerprint density at radius 2 is 2.05 bits per heavy atom. The second-order valence-corrected chi connectivity index (χ2v) is 6.06. The molecule has 1 heterocycles. The van der Waals surface area contributed by atoms with Gasteiger partial charge in [0, 0.05) is 17.8 Å². The molecule has 0 bridgehead atoms. The van der Waals surface area contributed by atoms with E-state index in [9.17, 15) is 0 Å². The minimum absolute atomic E-state index is 0.670. The van der Waals surface area contributed by atoms with Crippen LogP contribution >= 0.6 is 0 Å². The molecule has 1 aromatic carbocycles. The Bertz CT molecular complexity index is 409. The zero-order valence-corrected chi connectivity index (χ0v) is 12.0. The van der Waals surface area contributed by atoms with E-state index >= 15 is 0 Å². The lowest BCUT2D eigenvalue weighted by atomic mass is 9.92. The molecule has 0 aromatic heterocycles. The van der Waals surface area contributed by atoms with E-state index in [1.807, 2.05) is 0 Å². The van der Waals surface area contributed by atoms with Crippen molar-refractivity contribution in [1.29, 1.82) is 0 Å². The number of anilines is 1. The van der Waals surface area contributed by atoms with Crippen LogP contribution in [0.3, 0.4) is 0 Å². The summed E-state index contributed by atoms with van der Waals surface area (Å²) in [6.45, 7) is 3.46. The highest BCUT2D eigenvalue weighted by molar-refractivity contribution is 5.52. The smallest absolute Gasteiger partial charge is 0.0374 e. The van der Waals surface area contributed by atoms with Gasteiger partial charge in [-0.1, -0.05) is 31.5 Å². The summed E-state index contributed by atoms with van der Waals surface area (Å²) in [4.78, 5) is 0. The van der Waals surface area contributed by atoms with E-state index in [0.717, 1.165) is 18.4 Å². The molecule has 0 radical (unpaired) electrons. The molecule has 2 N–H and O–H groups in total. The number of para-hydroxylation sites is 1. The second-order valence-electron chi connectivity index (χ2n) is 6.06. The first-order valence-electron chi connectivity index (χ1n) is 7.96. The highest BCUT2D eigenvalue weighted by Crippen LogP contribution is 2.34. The van der Waals surface area contributed by atoms with Gasteiger partial charge in [-0.15, -0.1) is 0 Å². The van der Waals surface area contributed by atoms with E-state index in [-0.39, 0.29) is 0 Å². The maximum absolute atomic E-state index is 3.85. The molecule has 1 aliphatic carbocycles. The van der Waals surface area contributed by atoms with Crippen LogP contribution in [-0.2, 0) is 6.42 Å². The summed E-state index contributed by atoms with van der Waals surface area (Å²) in [6, 6.07) is 10.2. The summed E-state index contributed by atoms with van der Waals surface area (Å²) in [6.07, 6.45) is 7.96. The van der Waals surface area contributed by atoms with Gasteiger partial charge in [-0.2, -0.15) is 0 Å². The number of hydrogen-bond acceptors (Lipinski definition) is 2. The van der Waals surface area contributed by atoms with Crippen LogP contribution in [0.15, 0.2) is 24.3 Å². The van der Waals surface area contributed by atoms with Gasteiger partial charge in [0.15, 0.2) is 0 Å². The van der Waals surface area contributed by atoms with Crippen molar-refractivity contribution in [2.75, 3.05) is 11.9 Å². The van der Waals surface area contributed by atoms with Gasteiger partial charge in [-0.25, -0.2) is 0 Å². The van der Waals surface area contributed by atoms with Gasteiger partial charge < -0.3 is 10.6 Å². The SMILES string of the molecule is CCc1ccccc1NC1CCCC1C1CCCN1. The maximum atomic E-state index is 3.85. The molecule has 2 fully saturated rings. The number of aryl methyl sites for hydroxylation is 1. The van der Waals surface area contributed by atoms with Crippen LogP contribution in [-0.4, -0.2) is 18.6 Å². The molecule has 19 heavy (non-hydrogen) atoms.